The molecule has 1 aliphatic heterocycles. The Morgan fingerprint density at radius 3 is 2.67 bits per heavy atom. The molecule has 172 valence electrons. The van der Waals surface area contributed by atoms with Gasteiger partial charge in [0.05, 0.1) is 24.7 Å². The molecule has 4 rings (SSSR count). The van der Waals surface area contributed by atoms with E-state index in [-0.39, 0.29) is 18.1 Å². The van der Waals surface area contributed by atoms with Crippen molar-refractivity contribution in [3.63, 3.8) is 0 Å². The molecule has 6 nitrogen and oxygen atoms in total. The van der Waals surface area contributed by atoms with Crippen molar-refractivity contribution >= 4 is 17.5 Å². The minimum absolute atomic E-state index is 0.0213. The molecule has 0 radical (unpaired) electrons. The van der Waals surface area contributed by atoms with Crippen LogP contribution in [0.15, 0.2) is 64.8 Å². The molecule has 2 atom stereocenters. The number of fused-ring (bicyclic) bond motifs is 1. The van der Waals surface area contributed by atoms with Crippen LogP contribution < -0.4 is 4.74 Å². The van der Waals surface area contributed by atoms with Gasteiger partial charge in [0.25, 0.3) is 0 Å². The van der Waals surface area contributed by atoms with Crippen LogP contribution in [-0.4, -0.2) is 35.8 Å². The summed E-state index contributed by atoms with van der Waals surface area (Å²) in [7, 11) is 0. The van der Waals surface area contributed by atoms with Crippen LogP contribution in [0.25, 0.3) is 0 Å². The van der Waals surface area contributed by atoms with E-state index in [0.717, 1.165) is 29.7 Å². The first-order valence-corrected chi connectivity index (χ1v) is 11.5. The van der Waals surface area contributed by atoms with Crippen molar-refractivity contribution in [3.8, 4) is 11.5 Å². The summed E-state index contributed by atoms with van der Waals surface area (Å²) < 4.78 is 11.2. The van der Waals surface area contributed by atoms with Crippen molar-refractivity contribution in [1.29, 1.82) is 0 Å². The van der Waals surface area contributed by atoms with Gasteiger partial charge in [-0.25, -0.2) is 4.79 Å². The van der Waals surface area contributed by atoms with Gasteiger partial charge in [0.2, 0.25) is 0 Å². The topological polar surface area (TPSA) is 85.2 Å². The molecular formula is C27H29NO5. The summed E-state index contributed by atoms with van der Waals surface area (Å²) in [5.41, 5.74) is 3.62. The molecule has 0 amide bonds. The van der Waals surface area contributed by atoms with Gasteiger partial charge in [-0.15, -0.1) is 0 Å². The Morgan fingerprint density at radius 2 is 1.91 bits per heavy atom. The second kappa shape index (κ2) is 10.0. The number of Topliss-reactive ketones (excluding diaryl/α,β-unsaturated/α-hetero) is 1. The molecule has 0 spiro atoms. The maximum atomic E-state index is 13.3. The van der Waals surface area contributed by atoms with Gasteiger partial charge in [-0.2, -0.15) is 0 Å². The summed E-state index contributed by atoms with van der Waals surface area (Å²) in [6.45, 7) is 4.26. The number of allylic oxidation sites excluding steroid dienone is 1. The zero-order chi connectivity index (χ0) is 23.4. The average Bonchev–Trinajstić information content (AvgIpc) is 2.80. The Bertz CT molecular complexity index is 1100. The van der Waals surface area contributed by atoms with E-state index in [0.29, 0.717) is 36.5 Å². The lowest BCUT2D eigenvalue weighted by molar-refractivity contribution is -0.139. The van der Waals surface area contributed by atoms with Gasteiger partial charge in [-0.1, -0.05) is 36.4 Å². The Morgan fingerprint density at radius 1 is 1.12 bits per heavy atom. The first-order valence-electron chi connectivity index (χ1n) is 11.5. The van der Waals surface area contributed by atoms with Crippen molar-refractivity contribution in [2.24, 2.45) is 10.9 Å². The maximum Gasteiger partial charge on any atom is 0.336 e. The number of ether oxygens (including phenoxy) is 2. The van der Waals surface area contributed by atoms with Gasteiger partial charge in [0.1, 0.15) is 5.78 Å². The van der Waals surface area contributed by atoms with Gasteiger partial charge in [-0.3, -0.25) is 9.79 Å². The summed E-state index contributed by atoms with van der Waals surface area (Å²) in [4.78, 5) is 31.0. The van der Waals surface area contributed by atoms with Crippen LogP contribution in [0, 0.1) is 5.92 Å². The van der Waals surface area contributed by atoms with Crippen LogP contribution >= 0.6 is 0 Å². The number of phenols is 1. The van der Waals surface area contributed by atoms with Gasteiger partial charge >= 0.3 is 5.97 Å². The van der Waals surface area contributed by atoms with Gasteiger partial charge in [0.15, 0.2) is 11.5 Å². The number of carbonyl (C=O) groups excluding carboxylic acids is 2. The first-order chi connectivity index (χ1) is 16.0. The Balaban J connectivity index is 1.67. The summed E-state index contributed by atoms with van der Waals surface area (Å²) in [5.74, 6) is -1.05. The molecule has 6 heteroatoms. The van der Waals surface area contributed by atoms with E-state index in [1.807, 2.05) is 37.3 Å². The SMILES string of the molecule is CCOc1cc([C@H]2C(C(=O)OCCc3ccccc3)=C(C)N=C3CCCC(=O)C32)ccc1O. The molecule has 1 fully saturated rings. The Kier molecular flexibility index (Phi) is 6.92. The molecule has 0 bridgehead atoms. The number of hydrogen-bond acceptors (Lipinski definition) is 6. The van der Waals surface area contributed by atoms with E-state index in [1.54, 1.807) is 25.1 Å². The highest BCUT2D eigenvalue weighted by atomic mass is 16.5. The third-order valence-electron chi connectivity index (χ3n) is 6.24. The van der Waals surface area contributed by atoms with Crippen LogP contribution in [-0.2, 0) is 20.7 Å². The van der Waals surface area contributed by atoms with E-state index in [1.165, 1.54) is 0 Å². The van der Waals surface area contributed by atoms with E-state index in [9.17, 15) is 14.7 Å². The predicted molar refractivity (Wildman–Crippen MR) is 126 cm³/mol. The number of phenolic OH excluding ortho intramolecular Hbond substituents is 1. The minimum atomic E-state index is -0.519. The van der Waals surface area contributed by atoms with Crippen molar-refractivity contribution in [2.75, 3.05) is 13.2 Å². The van der Waals surface area contributed by atoms with Crippen molar-refractivity contribution in [3.05, 3.63) is 70.9 Å². The molecule has 0 aromatic heterocycles. The number of esters is 1. The molecule has 2 aliphatic rings. The third-order valence-corrected chi connectivity index (χ3v) is 6.24. The van der Waals surface area contributed by atoms with E-state index >= 15 is 0 Å². The zero-order valence-electron chi connectivity index (χ0n) is 19.0. The molecule has 1 unspecified atom stereocenters. The number of rotatable bonds is 7. The van der Waals surface area contributed by atoms with Crippen molar-refractivity contribution < 1.29 is 24.2 Å². The van der Waals surface area contributed by atoms with Crippen molar-refractivity contribution in [2.45, 2.75) is 45.4 Å². The minimum Gasteiger partial charge on any atom is -0.504 e. The molecule has 1 heterocycles. The molecule has 2 aromatic rings. The molecule has 1 N–H and O–H groups in total. The first kappa shape index (κ1) is 22.8. The number of aromatic hydroxyl groups is 1. The van der Waals surface area contributed by atoms with Crippen LogP contribution in [0.5, 0.6) is 11.5 Å². The number of aliphatic imine (C=N–C) groups is 1. The fourth-order valence-corrected chi connectivity index (χ4v) is 4.72. The lowest BCUT2D eigenvalue weighted by Gasteiger charge is -2.35. The van der Waals surface area contributed by atoms with E-state index in [2.05, 4.69) is 4.99 Å². The molecule has 1 saturated carbocycles. The Labute approximate surface area is 194 Å². The number of hydrogen-bond donors (Lipinski definition) is 1. The highest BCUT2D eigenvalue weighted by Gasteiger charge is 2.44. The number of ketones is 1. The van der Waals surface area contributed by atoms with E-state index < -0.39 is 17.8 Å². The van der Waals surface area contributed by atoms with Crippen LogP contribution in [0.1, 0.15) is 50.2 Å². The molecule has 2 aromatic carbocycles. The van der Waals surface area contributed by atoms with Gasteiger partial charge in [0, 0.05) is 30.2 Å². The lowest BCUT2D eigenvalue weighted by Crippen LogP contribution is -2.39. The second-order valence-electron chi connectivity index (χ2n) is 8.41. The van der Waals surface area contributed by atoms with E-state index in [4.69, 9.17) is 9.47 Å². The fraction of sp³-hybridized carbons (Fsp3) is 0.370. The third kappa shape index (κ3) is 4.85. The highest BCUT2D eigenvalue weighted by molar-refractivity contribution is 6.11. The predicted octanol–water partition coefficient (Wildman–Crippen LogP) is 4.76. The molecule has 1 aliphatic carbocycles. The van der Waals surface area contributed by atoms with Gasteiger partial charge in [-0.05, 0) is 49.9 Å². The number of carbonyl (C=O) groups is 2. The number of nitrogens with zero attached hydrogens (tertiary/aromatic N) is 1. The quantitative estimate of drug-likeness (QED) is 0.619. The second-order valence-corrected chi connectivity index (χ2v) is 8.41. The molecular weight excluding hydrogens is 418 g/mol. The number of benzene rings is 2. The van der Waals surface area contributed by atoms with Crippen LogP contribution in [0.4, 0.5) is 0 Å². The average molecular weight is 448 g/mol. The van der Waals surface area contributed by atoms with Crippen molar-refractivity contribution in [1.82, 2.24) is 0 Å². The summed E-state index contributed by atoms with van der Waals surface area (Å²) in [6, 6.07) is 14.8. The molecule has 0 saturated heterocycles. The normalized spacial score (nSPS) is 20.2. The molecule has 33 heavy (non-hydrogen) atoms. The van der Waals surface area contributed by atoms with Gasteiger partial charge < -0.3 is 14.6 Å². The monoisotopic (exact) mass is 447 g/mol. The smallest absolute Gasteiger partial charge is 0.336 e. The Hall–Kier alpha value is -3.41. The maximum absolute atomic E-state index is 13.3. The summed E-state index contributed by atoms with van der Waals surface area (Å²) in [6.07, 6.45) is 2.57. The highest BCUT2D eigenvalue weighted by Crippen LogP contribution is 2.44. The summed E-state index contributed by atoms with van der Waals surface area (Å²) in [5, 5.41) is 10.2. The standard InChI is InChI=1S/C27H29NO5/c1-3-32-23-16-19(12-13-21(23)29)25-24(17(2)28-20-10-7-11-22(30)26(20)25)27(31)33-15-14-18-8-5-4-6-9-18/h4-6,8-9,12-13,16,25-26,29H,3,7,10-11,14-15H2,1-2H3/t25-,26?/m0/s1. The largest absolute Gasteiger partial charge is 0.504 e. The summed E-state index contributed by atoms with van der Waals surface area (Å²) >= 11 is 0. The van der Waals surface area contributed by atoms with Crippen LogP contribution in [0.2, 0.25) is 0 Å². The lowest BCUT2D eigenvalue weighted by atomic mass is 9.69. The fourth-order valence-electron chi connectivity index (χ4n) is 4.72. The van der Waals surface area contributed by atoms with Crippen LogP contribution in [0.3, 0.4) is 0 Å². The zero-order valence-corrected chi connectivity index (χ0v) is 19.0.